The lowest BCUT2D eigenvalue weighted by Gasteiger charge is -2.38. The zero-order chi connectivity index (χ0) is 23.8. The third-order valence-electron chi connectivity index (χ3n) is 5.77. The number of benzene rings is 1. The number of imide groups is 1. The Labute approximate surface area is 185 Å². The molecule has 0 bridgehead atoms. The summed E-state index contributed by atoms with van der Waals surface area (Å²) >= 11 is 0. The number of nitro groups is 1. The van der Waals surface area contributed by atoms with Crippen LogP contribution in [-0.2, 0) is 15.0 Å². The van der Waals surface area contributed by atoms with Crippen LogP contribution in [0.5, 0.6) is 0 Å². The minimum Gasteiger partial charge on any atom is -0.338 e. The average molecular weight is 468 g/mol. The number of carbonyl (C=O) groups excluding carboxylic acids is 3. The average Bonchev–Trinajstić information content (AvgIpc) is 3.03. The molecule has 13 heteroatoms. The van der Waals surface area contributed by atoms with E-state index in [-0.39, 0.29) is 37.3 Å². The van der Waals surface area contributed by atoms with Crippen LogP contribution in [0, 0.1) is 10.1 Å². The monoisotopic (exact) mass is 467 g/mol. The fourth-order valence-corrected chi connectivity index (χ4v) is 5.62. The fraction of sp³-hybridized carbons (Fsp3) is 0.526. The summed E-state index contributed by atoms with van der Waals surface area (Å²) in [5, 5.41) is 11.3. The lowest BCUT2D eigenvalue weighted by atomic mass is 10.1. The topological polar surface area (TPSA) is 141 Å². The van der Waals surface area contributed by atoms with E-state index in [1.807, 2.05) is 0 Å². The van der Waals surface area contributed by atoms with Gasteiger partial charge < -0.3 is 4.90 Å². The minimum atomic E-state index is -3.63. The first-order chi connectivity index (χ1) is 15.1. The molecule has 0 N–H and O–H groups in total. The molecule has 1 saturated heterocycles. The Morgan fingerprint density at radius 1 is 1.12 bits per heavy atom. The highest BCUT2D eigenvalue weighted by Crippen LogP contribution is 2.32. The van der Waals surface area contributed by atoms with Gasteiger partial charge in [-0.25, -0.2) is 0 Å². The van der Waals surface area contributed by atoms with Gasteiger partial charge in [0, 0.05) is 45.3 Å². The van der Waals surface area contributed by atoms with Gasteiger partial charge in [0.25, 0.3) is 27.7 Å². The van der Waals surface area contributed by atoms with Crippen LogP contribution >= 0.6 is 0 Å². The lowest BCUT2D eigenvalue weighted by molar-refractivity contribution is -0.385. The van der Waals surface area contributed by atoms with Crippen LogP contribution in [0.3, 0.4) is 0 Å². The number of hydrogen-bond donors (Lipinski definition) is 0. The molecule has 0 spiro atoms. The first kappa shape index (κ1) is 23.8. The molecule has 0 saturated carbocycles. The van der Waals surface area contributed by atoms with Crippen LogP contribution < -0.4 is 0 Å². The molecule has 1 atom stereocenters. The van der Waals surface area contributed by atoms with Gasteiger partial charge in [0.1, 0.15) is 11.6 Å². The SMILES string of the molecule is CCN(CC)S(=O)(=O)N1CCN(C(=O)C(C)N2C(=O)c3cccc([N+](=O)[O-])c3C2=O)CC1. The standard InChI is InChI=1S/C19H25N5O7S/c1-4-21(5-2)32(30,31)22-11-9-20(10-12-22)17(25)13(3)23-18(26)14-7-6-8-15(24(28)29)16(14)19(23)27/h6-8,13H,4-5,9-12H2,1-3H3. The number of nitro benzene ring substituents is 1. The van der Waals surface area contributed by atoms with Gasteiger partial charge in [0.2, 0.25) is 5.91 Å². The Bertz CT molecular complexity index is 1060. The summed E-state index contributed by atoms with van der Waals surface area (Å²) in [6, 6.07) is 2.58. The van der Waals surface area contributed by atoms with E-state index in [2.05, 4.69) is 0 Å². The summed E-state index contributed by atoms with van der Waals surface area (Å²) in [4.78, 5) is 51.3. The quantitative estimate of drug-likeness (QED) is 0.319. The summed E-state index contributed by atoms with van der Waals surface area (Å²) < 4.78 is 28.0. The highest BCUT2D eigenvalue weighted by atomic mass is 32.2. The van der Waals surface area contributed by atoms with Crippen molar-refractivity contribution in [2.24, 2.45) is 0 Å². The van der Waals surface area contributed by atoms with E-state index in [0.717, 1.165) is 11.0 Å². The maximum atomic E-state index is 13.0. The van der Waals surface area contributed by atoms with Crippen molar-refractivity contribution in [2.45, 2.75) is 26.8 Å². The largest absolute Gasteiger partial charge is 0.338 e. The van der Waals surface area contributed by atoms with Crippen molar-refractivity contribution in [2.75, 3.05) is 39.3 Å². The zero-order valence-electron chi connectivity index (χ0n) is 18.1. The first-order valence-electron chi connectivity index (χ1n) is 10.3. The number of nitrogens with zero attached hydrogens (tertiary/aromatic N) is 5. The second-order valence-corrected chi connectivity index (χ2v) is 9.36. The van der Waals surface area contributed by atoms with Crippen molar-refractivity contribution < 1.29 is 27.7 Å². The van der Waals surface area contributed by atoms with Crippen molar-refractivity contribution in [3.8, 4) is 0 Å². The van der Waals surface area contributed by atoms with E-state index >= 15 is 0 Å². The maximum absolute atomic E-state index is 13.0. The third-order valence-corrected chi connectivity index (χ3v) is 7.96. The molecule has 0 aliphatic carbocycles. The summed E-state index contributed by atoms with van der Waals surface area (Å²) in [5.74, 6) is -2.18. The van der Waals surface area contributed by atoms with E-state index in [0.29, 0.717) is 13.1 Å². The van der Waals surface area contributed by atoms with Gasteiger partial charge in [-0.3, -0.25) is 29.4 Å². The van der Waals surface area contributed by atoms with Crippen LogP contribution in [0.2, 0.25) is 0 Å². The van der Waals surface area contributed by atoms with Crippen LogP contribution in [0.15, 0.2) is 18.2 Å². The Morgan fingerprint density at radius 3 is 2.25 bits per heavy atom. The van der Waals surface area contributed by atoms with Gasteiger partial charge in [0.15, 0.2) is 0 Å². The molecule has 0 radical (unpaired) electrons. The van der Waals surface area contributed by atoms with Crippen molar-refractivity contribution in [3.63, 3.8) is 0 Å². The van der Waals surface area contributed by atoms with Crippen LogP contribution in [0.4, 0.5) is 5.69 Å². The van der Waals surface area contributed by atoms with Crippen molar-refractivity contribution >= 4 is 33.6 Å². The Balaban J connectivity index is 1.74. The van der Waals surface area contributed by atoms with E-state index in [4.69, 9.17) is 0 Å². The number of piperazine rings is 1. The van der Waals surface area contributed by atoms with Gasteiger partial charge in [-0.2, -0.15) is 17.0 Å². The van der Waals surface area contributed by atoms with E-state index in [9.17, 15) is 32.9 Å². The molecule has 2 aliphatic rings. The smallest absolute Gasteiger partial charge is 0.282 e. The number of fused-ring (bicyclic) bond motifs is 1. The fourth-order valence-electron chi connectivity index (χ4n) is 4.02. The van der Waals surface area contributed by atoms with Crippen LogP contribution in [-0.4, -0.2) is 94.8 Å². The number of hydrogen-bond acceptors (Lipinski definition) is 7. The van der Waals surface area contributed by atoms with Crippen LogP contribution in [0.25, 0.3) is 0 Å². The molecule has 32 heavy (non-hydrogen) atoms. The first-order valence-corrected chi connectivity index (χ1v) is 11.6. The molecule has 1 aromatic carbocycles. The van der Waals surface area contributed by atoms with E-state index < -0.39 is 44.6 Å². The van der Waals surface area contributed by atoms with Gasteiger partial charge in [-0.05, 0) is 13.0 Å². The number of rotatable bonds is 7. The van der Waals surface area contributed by atoms with Crippen molar-refractivity contribution in [1.82, 2.24) is 18.4 Å². The summed E-state index contributed by atoms with van der Waals surface area (Å²) in [5.41, 5.74) is -0.922. The molecule has 174 valence electrons. The van der Waals surface area contributed by atoms with Gasteiger partial charge >= 0.3 is 0 Å². The Morgan fingerprint density at radius 2 is 1.72 bits per heavy atom. The molecule has 2 aliphatic heterocycles. The van der Waals surface area contributed by atoms with Crippen LogP contribution in [0.1, 0.15) is 41.5 Å². The molecule has 3 amide bonds. The molecule has 1 unspecified atom stereocenters. The molecule has 12 nitrogen and oxygen atoms in total. The maximum Gasteiger partial charge on any atom is 0.282 e. The van der Waals surface area contributed by atoms with E-state index in [1.54, 1.807) is 13.8 Å². The summed E-state index contributed by atoms with van der Waals surface area (Å²) in [6.07, 6.45) is 0. The molecule has 2 heterocycles. The van der Waals surface area contributed by atoms with Crippen molar-refractivity contribution in [1.29, 1.82) is 0 Å². The third kappa shape index (κ3) is 3.87. The summed E-state index contributed by atoms with van der Waals surface area (Å²) in [7, 11) is -3.63. The Hall–Kier alpha value is -2.90. The lowest BCUT2D eigenvalue weighted by Crippen LogP contribution is -2.57. The van der Waals surface area contributed by atoms with E-state index in [1.165, 1.54) is 32.6 Å². The predicted molar refractivity (Wildman–Crippen MR) is 113 cm³/mol. The zero-order valence-corrected chi connectivity index (χ0v) is 18.9. The molecule has 0 aromatic heterocycles. The Kier molecular flexibility index (Phi) is 6.62. The molecule has 1 fully saturated rings. The molecular weight excluding hydrogens is 442 g/mol. The second kappa shape index (κ2) is 8.92. The van der Waals surface area contributed by atoms with Gasteiger partial charge in [-0.15, -0.1) is 0 Å². The number of amides is 3. The molecular formula is C19H25N5O7S. The van der Waals surface area contributed by atoms with Gasteiger partial charge in [-0.1, -0.05) is 19.9 Å². The normalized spacial score (nSPS) is 18.2. The molecule has 3 rings (SSSR count). The highest BCUT2D eigenvalue weighted by Gasteiger charge is 2.46. The number of carbonyl (C=O) groups is 3. The predicted octanol–water partition coefficient (Wildman–Crippen LogP) is 0.310. The minimum absolute atomic E-state index is 0.0882. The van der Waals surface area contributed by atoms with Gasteiger partial charge in [0.05, 0.1) is 10.5 Å². The highest BCUT2D eigenvalue weighted by molar-refractivity contribution is 7.86. The molecule has 1 aromatic rings. The summed E-state index contributed by atoms with van der Waals surface area (Å²) in [6.45, 7) is 5.93. The second-order valence-electron chi connectivity index (χ2n) is 7.43. The van der Waals surface area contributed by atoms with Crippen molar-refractivity contribution in [3.05, 3.63) is 39.4 Å².